The summed E-state index contributed by atoms with van der Waals surface area (Å²) in [4.78, 5) is 11.0. The van der Waals surface area contributed by atoms with Crippen LogP contribution in [0.3, 0.4) is 0 Å². The summed E-state index contributed by atoms with van der Waals surface area (Å²) in [6.07, 6.45) is -0.519. The van der Waals surface area contributed by atoms with Crippen molar-refractivity contribution in [3.63, 3.8) is 0 Å². The third-order valence-corrected chi connectivity index (χ3v) is 2.57. The van der Waals surface area contributed by atoms with Gasteiger partial charge in [-0.05, 0) is 19.1 Å². The van der Waals surface area contributed by atoms with Crippen molar-refractivity contribution in [3.8, 4) is 5.75 Å². The Morgan fingerprint density at radius 1 is 1.53 bits per heavy atom. The highest BCUT2D eigenvalue weighted by Gasteiger charge is 2.14. The molecule has 0 atom stereocenters. The summed E-state index contributed by atoms with van der Waals surface area (Å²) < 4.78 is 10.4. The van der Waals surface area contributed by atoms with Crippen molar-refractivity contribution < 1.29 is 19.1 Å². The lowest BCUT2D eigenvalue weighted by Gasteiger charge is -2.01. The van der Waals surface area contributed by atoms with Gasteiger partial charge in [0.2, 0.25) is 0 Å². The maximum Gasteiger partial charge on any atom is 0.407 e. The minimum absolute atomic E-state index is 0.0413. The number of rotatable bonds is 2. The van der Waals surface area contributed by atoms with E-state index in [1.165, 1.54) is 7.05 Å². The lowest BCUT2D eigenvalue weighted by atomic mass is 10.1. The lowest BCUT2D eigenvalue weighted by molar-refractivity contribution is 0.134. The van der Waals surface area contributed by atoms with E-state index < -0.39 is 6.09 Å². The van der Waals surface area contributed by atoms with Crippen LogP contribution < -0.4 is 5.32 Å². The van der Waals surface area contributed by atoms with E-state index in [1.54, 1.807) is 18.2 Å². The fourth-order valence-corrected chi connectivity index (χ4v) is 1.67. The van der Waals surface area contributed by atoms with Crippen molar-refractivity contribution in [2.45, 2.75) is 13.5 Å². The van der Waals surface area contributed by atoms with Gasteiger partial charge in [0.05, 0.1) is 5.39 Å². The molecule has 1 aromatic heterocycles. The van der Waals surface area contributed by atoms with Crippen molar-refractivity contribution in [2.75, 3.05) is 7.05 Å². The maximum absolute atomic E-state index is 11.0. The predicted molar refractivity (Wildman–Crippen MR) is 61.9 cm³/mol. The first-order valence-corrected chi connectivity index (χ1v) is 5.18. The van der Waals surface area contributed by atoms with Gasteiger partial charge in [-0.25, -0.2) is 4.79 Å². The number of phenolic OH excluding ortho intramolecular Hbond substituents is 1. The van der Waals surface area contributed by atoms with E-state index >= 15 is 0 Å². The van der Waals surface area contributed by atoms with Gasteiger partial charge < -0.3 is 19.6 Å². The Balaban J connectivity index is 2.33. The maximum atomic E-state index is 11.0. The summed E-state index contributed by atoms with van der Waals surface area (Å²) in [6, 6.07) is 5.05. The standard InChI is InChI=1S/C12H13NO4/c1-7-10(6-16-12(15)13-2)17-9-5-3-4-8(14)11(7)9/h3-5,14H,6H2,1-2H3,(H,13,15). The van der Waals surface area contributed by atoms with E-state index in [2.05, 4.69) is 5.32 Å². The van der Waals surface area contributed by atoms with Crippen LogP contribution in [0.4, 0.5) is 4.79 Å². The number of carbonyl (C=O) groups is 1. The van der Waals surface area contributed by atoms with Gasteiger partial charge in [-0.15, -0.1) is 0 Å². The number of fused-ring (bicyclic) bond motifs is 1. The van der Waals surface area contributed by atoms with Crippen LogP contribution in [0.15, 0.2) is 22.6 Å². The molecule has 17 heavy (non-hydrogen) atoms. The predicted octanol–water partition coefficient (Wildman–Crippen LogP) is 2.30. The molecule has 2 aromatic rings. The number of amides is 1. The Hall–Kier alpha value is -2.17. The molecule has 5 heteroatoms. The molecule has 1 heterocycles. The number of alkyl carbamates (subject to hydrolysis) is 1. The largest absolute Gasteiger partial charge is 0.507 e. The molecule has 0 spiro atoms. The van der Waals surface area contributed by atoms with Crippen LogP contribution in [-0.4, -0.2) is 18.2 Å². The third-order valence-electron chi connectivity index (χ3n) is 2.57. The number of ether oxygens (including phenoxy) is 1. The second kappa shape index (κ2) is 4.37. The minimum atomic E-state index is -0.519. The average Bonchev–Trinajstić information content (AvgIpc) is 2.64. The van der Waals surface area contributed by atoms with Crippen LogP contribution in [0.25, 0.3) is 11.0 Å². The second-order valence-corrected chi connectivity index (χ2v) is 3.63. The lowest BCUT2D eigenvalue weighted by Crippen LogP contribution is -2.18. The molecular weight excluding hydrogens is 222 g/mol. The van der Waals surface area contributed by atoms with Gasteiger partial charge in [0.1, 0.15) is 17.1 Å². The number of hydrogen-bond donors (Lipinski definition) is 2. The second-order valence-electron chi connectivity index (χ2n) is 3.63. The van der Waals surface area contributed by atoms with Gasteiger partial charge in [-0.2, -0.15) is 0 Å². The fourth-order valence-electron chi connectivity index (χ4n) is 1.67. The number of furan rings is 1. The number of hydrogen-bond acceptors (Lipinski definition) is 4. The molecule has 0 fully saturated rings. The normalized spacial score (nSPS) is 10.5. The summed E-state index contributed by atoms with van der Waals surface area (Å²) in [5.41, 5.74) is 1.36. The SMILES string of the molecule is CNC(=O)OCc1oc2cccc(O)c2c1C. The zero-order valence-corrected chi connectivity index (χ0v) is 9.61. The monoisotopic (exact) mass is 235 g/mol. The first-order valence-electron chi connectivity index (χ1n) is 5.18. The Morgan fingerprint density at radius 2 is 2.29 bits per heavy atom. The first kappa shape index (κ1) is 11.3. The van der Waals surface area contributed by atoms with E-state index in [9.17, 15) is 9.90 Å². The van der Waals surface area contributed by atoms with Crippen LogP contribution in [0, 0.1) is 6.92 Å². The number of phenols is 1. The van der Waals surface area contributed by atoms with E-state index in [-0.39, 0.29) is 12.4 Å². The average molecular weight is 235 g/mol. The highest BCUT2D eigenvalue weighted by molar-refractivity contribution is 5.88. The highest BCUT2D eigenvalue weighted by Crippen LogP contribution is 2.32. The number of nitrogens with one attached hydrogen (secondary N) is 1. The number of carbonyl (C=O) groups excluding carboxylic acids is 1. The number of aromatic hydroxyl groups is 1. The smallest absolute Gasteiger partial charge is 0.407 e. The van der Waals surface area contributed by atoms with Gasteiger partial charge in [0.15, 0.2) is 6.61 Å². The van der Waals surface area contributed by atoms with Crippen LogP contribution in [0.5, 0.6) is 5.75 Å². The zero-order chi connectivity index (χ0) is 12.4. The summed E-state index contributed by atoms with van der Waals surface area (Å²) in [5, 5.41) is 12.7. The van der Waals surface area contributed by atoms with E-state index in [0.29, 0.717) is 16.7 Å². The molecule has 0 saturated heterocycles. The third kappa shape index (κ3) is 2.04. The fraction of sp³-hybridized carbons (Fsp3) is 0.250. The minimum Gasteiger partial charge on any atom is -0.507 e. The molecule has 0 unspecified atom stereocenters. The van der Waals surface area contributed by atoms with Crippen molar-refractivity contribution in [1.29, 1.82) is 0 Å². The Kier molecular flexibility index (Phi) is 2.91. The van der Waals surface area contributed by atoms with Crippen LogP contribution >= 0.6 is 0 Å². The quantitative estimate of drug-likeness (QED) is 0.837. The molecule has 1 aromatic carbocycles. The molecule has 0 aliphatic rings. The molecule has 0 saturated carbocycles. The van der Waals surface area contributed by atoms with Crippen molar-refractivity contribution in [2.24, 2.45) is 0 Å². The molecule has 2 rings (SSSR count). The molecule has 0 radical (unpaired) electrons. The number of aryl methyl sites for hydroxylation is 1. The summed E-state index contributed by atoms with van der Waals surface area (Å²) in [5.74, 6) is 0.694. The molecule has 0 aliphatic carbocycles. The molecule has 5 nitrogen and oxygen atoms in total. The van der Waals surface area contributed by atoms with Crippen molar-refractivity contribution >= 4 is 17.1 Å². The Labute approximate surface area is 98.0 Å². The van der Waals surface area contributed by atoms with Gasteiger partial charge in [-0.1, -0.05) is 6.07 Å². The topological polar surface area (TPSA) is 71.7 Å². The van der Waals surface area contributed by atoms with Gasteiger partial charge in [0.25, 0.3) is 0 Å². The summed E-state index contributed by atoms with van der Waals surface area (Å²) >= 11 is 0. The zero-order valence-electron chi connectivity index (χ0n) is 9.61. The van der Waals surface area contributed by atoms with Crippen LogP contribution in [-0.2, 0) is 11.3 Å². The summed E-state index contributed by atoms with van der Waals surface area (Å²) in [6.45, 7) is 1.85. The van der Waals surface area contributed by atoms with Crippen LogP contribution in [0.1, 0.15) is 11.3 Å². The molecule has 90 valence electrons. The molecule has 1 amide bonds. The molecular formula is C12H13NO4. The summed E-state index contributed by atoms with van der Waals surface area (Å²) in [7, 11) is 1.49. The van der Waals surface area contributed by atoms with Crippen molar-refractivity contribution in [1.82, 2.24) is 5.32 Å². The van der Waals surface area contributed by atoms with Gasteiger partial charge in [-0.3, -0.25) is 0 Å². The Bertz CT molecular complexity index is 559. The first-order chi connectivity index (χ1) is 8.13. The molecule has 0 bridgehead atoms. The number of benzene rings is 1. The van der Waals surface area contributed by atoms with E-state index in [0.717, 1.165) is 5.56 Å². The highest BCUT2D eigenvalue weighted by atomic mass is 16.6. The van der Waals surface area contributed by atoms with Crippen LogP contribution in [0.2, 0.25) is 0 Å². The van der Waals surface area contributed by atoms with E-state index in [1.807, 2.05) is 6.92 Å². The molecule has 0 aliphatic heterocycles. The van der Waals surface area contributed by atoms with E-state index in [4.69, 9.17) is 9.15 Å². The van der Waals surface area contributed by atoms with Gasteiger partial charge in [0, 0.05) is 12.6 Å². The Morgan fingerprint density at radius 3 is 2.94 bits per heavy atom. The van der Waals surface area contributed by atoms with Gasteiger partial charge >= 0.3 is 6.09 Å². The van der Waals surface area contributed by atoms with Crippen molar-refractivity contribution in [3.05, 3.63) is 29.5 Å². The molecule has 2 N–H and O–H groups in total.